The minimum absolute atomic E-state index is 0.155. The van der Waals surface area contributed by atoms with Crippen molar-refractivity contribution >= 4 is 5.91 Å². The zero-order valence-corrected chi connectivity index (χ0v) is 10.8. The van der Waals surface area contributed by atoms with E-state index in [4.69, 9.17) is 0 Å². The number of carbonyl (C=O) groups excluding carboxylic acids is 1. The van der Waals surface area contributed by atoms with E-state index < -0.39 is 0 Å². The second kappa shape index (κ2) is 4.88. The lowest BCUT2D eigenvalue weighted by Gasteiger charge is -2.34. The number of amides is 1. The number of rotatable bonds is 1. The number of carbonyl (C=O) groups is 1. The van der Waals surface area contributed by atoms with Crippen LogP contribution in [0.3, 0.4) is 0 Å². The topological polar surface area (TPSA) is 32.3 Å². The molecule has 0 aromatic heterocycles. The number of aryl methyl sites for hydroxylation is 2. The molecule has 1 aliphatic heterocycles. The van der Waals surface area contributed by atoms with Crippen LogP contribution in [0.4, 0.5) is 0 Å². The Morgan fingerprint density at radius 1 is 1.35 bits per heavy atom. The number of benzene rings is 1. The van der Waals surface area contributed by atoms with Crippen molar-refractivity contribution in [2.75, 3.05) is 19.6 Å². The van der Waals surface area contributed by atoms with E-state index in [1.54, 1.807) is 0 Å². The van der Waals surface area contributed by atoms with Crippen molar-refractivity contribution < 1.29 is 4.79 Å². The molecule has 17 heavy (non-hydrogen) atoms. The Balaban J connectivity index is 2.21. The highest BCUT2D eigenvalue weighted by Crippen LogP contribution is 2.14. The molecule has 1 aromatic carbocycles. The van der Waals surface area contributed by atoms with Crippen LogP contribution in [0, 0.1) is 13.8 Å². The Hall–Kier alpha value is -1.35. The molecule has 1 heterocycles. The Labute approximate surface area is 103 Å². The van der Waals surface area contributed by atoms with Crippen molar-refractivity contribution in [1.29, 1.82) is 0 Å². The van der Waals surface area contributed by atoms with Gasteiger partial charge in [-0.05, 0) is 44.0 Å². The SMILES string of the molecule is Cc1ccc(C(=O)N2CCNC[C@H]2C)cc1C. The van der Waals surface area contributed by atoms with Crippen LogP contribution >= 0.6 is 0 Å². The Morgan fingerprint density at radius 3 is 2.76 bits per heavy atom. The van der Waals surface area contributed by atoms with Crippen molar-refractivity contribution in [3.05, 3.63) is 34.9 Å². The predicted molar refractivity (Wildman–Crippen MR) is 69.3 cm³/mol. The van der Waals surface area contributed by atoms with Crippen molar-refractivity contribution in [2.24, 2.45) is 0 Å². The Bertz CT molecular complexity index is 428. The van der Waals surface area contributed by atoms with Crippen LogP contribution in [-0.2, 0) is 0 Å². The molecule has 1 atom stereocenters. The van der Waals surface area contributed by atoms with Gasteiger partial charge in [-0.1, -0.05) is 6.07 Å². The van der Waals surface area contributed by atoms with E-state index in [9.17, 15) is 4.79 Å². The maximum Gasteiger partial charge on any atom is 0.254 e. The third-order valence-electron chi connectivity index (χ3n) is 3.52. The first-order valence-electron chi connectivity index (χ1n) is 6.18. The number of nitrogens with one attached hydrogen (secondary N) is 1. The molecule has 1 aromatic rings. The molecule has 0 spiro atoms. The summed E-state index contributed by atoms with van der Waals surface area (Å²) in [5, 5.41) is 3.30. The monoisotopic (exact) mass is 232 g/mol. The van der Waals surface area contributed by atoms with E-state index >= 15 is 0 Å². The van der Waals surface area contributed by atoms with Gasteiger partial charge in [0.1, 0.15) is 0 Å². The van der Waals surface area contributed by atoms with E-state index in [2.05, 4.69) is 19.2 Å². The molecule has 0 bridgehead atoms. The third-order valence-corrected chi connectivity index (χ3v) is 3.52. The highest BCUT2D eigenvalue weighted by Gasteiger charge is 2.23. The largest absolute Gasteiger partial charge is 0.333 e. The van der Waals surface area contributed by atoms with Crippen molar-refractivity contribution in [2.45, 2.75) is 26.8 Å². The van der Waals surface area contributed by atoms with Gasteiger partial charge in [-0.25, -0.2) is 0 Å². The fourth-order valence-corrected chi connectivity index (χ4v) is 2.18. The van der Waals surface area contributed by atoms with Gasteiger partial charge in [-0.15, -0.1) is 0 Å². The van der Waals surface area contributed by atoms with Crippen LogP contribution in [0.5, 0.6) is 0 Å². The number of hydrogen-bond donors (Lipinski definition) is 1. The van der Waals surface area contributed by atoms with Crippen LogP contribution in [0.15, 0.2) is 18.2 Å². The average Bonchev–Trinajstić information content (AvgIpc) is 2.32. The fraction of sp³-hybridized carbons (Fsp3) is 0.500. The minimum atomic E-state index is 0.155. The summed E-state index contributed by atoms with van der Waals surface area (Å²) in [6.45, 7) is 8.78. The molecule has 2 rings (SSSR count). The average molecular weight is 232 g/mol. The fourth-order valence-electron chi connectivity index (χ4n) is 2.18. The smallest absolute Gasteiger partial charge is 0.254 e. The third kappa shape index (κ3) is 2.50. The molecule has 0 aliphatic carbocycles. The van der Waals surface area contributed by atoms with Crippen molar-refractivity contribution in [1.82, 2.24) is 10.2 Å². The van der Waals surface area contributed by atoms with Crippen LogP contribution in [0.25, 0.3) is 0 Å². The standard InChI is InChI=1S/C14H20N2O/c1-10-4-5-13(8-11(10)2)14(17)16-7-6-15-9-12(16)3/h4-5,8,12,15H,6-7,9H2,1-3H3/t12-/m1/s1. The van der Waals surface area contributed by atoms with Gasteiger partial charge in [-0.2, -0.15) is 0 Å². The molecule has 1 saturated heterocycles. The molecular weight excluding hydrogens is 212 g/mol. The Morgan fingerprint density at radius 2 is 2.12 bits per heavy atom. The second-order valence-corrected chi connectivity index (χ2v) is 4.85. The molecule has 3 heteroatoms. The molecular formula is C14H20N2O. The lowest BCUT2D eigenvalue weighted by molar-refractivity contribution is 0.0655. The number of hydrogen-bond acceptors (Lipinski definition) is 2. The molecule has 0 saturated carbocycles. The summed E-state index contributed by atoms with van der Waals surface area (Å²) < 4.78 is 0. The first-order chi connectivity index (χ1) is 8.09. The molecule has 1 aliphatic rings. The van der Waals surface area contributed by atoms with E-state index in [1.807, 2.05) is 30.0 Å². The first kappa shape index (κ1) is 12.1. The summed E-state index contributed by atoms with van der Waals surface area (Å²) in [5.74, 6) is 0.155. The van der Waals surface area contributed by atoms with Gasteiger partial charge < -0.3 is 10.2 Å². The van der Waals surface area contributed by atoms with E-state index in [0.717, 1.165) is 25.2 Å². The zero-order chi connectivity index (χ0) is 12.4. The summed E-state index contributed by atoms with van der Waals surface area (Å²) >= 11 is 0. The summed E-state index contributed by atoms with van der Waals surface area (Å²) in [4.78, 5) is 14.3. The highest BCUT2D eigenvalue weighted by atomic mass is 16.2. The number of nitrogens with zero attached hydrogens (tertiary/aromatic N) is 1. The van der Waals surface area contributed by atoms with Crippen molar-refractivity contribution in [3.8, 4) is 0 Å². The van der Waals surface area contributed by atoms with Gasteiger partial charge in [0.15, 0.2) is 0 Å². The molecule has 1 fully saturated rings. The molecule has 0 unspecified atom stereocenters. The van der Waals surface area contributed by atoms with Gasteiger partial charge in [0.05, 0.1) is 0 Å². The molecule has 1 amide bonds. The van der Waals surface area contributed by atoms with E-state index in [-0.39, 0.29) is 11.9 Å². The molecule has 1 N–H and O–H groups in total. The van der Waals surface area contributed by atoms with Gasteiger partial charge >= 0.3 is 0 Å². The maximum atomic E-state index is 12.4. The van der Waals surface area contributed by atoms with Gasteiger partial charge in [0.2, 0.25) is 0 Å². The van der Waals surface area contributed by atoms with E-state index in [1.165, 1.54) is 11.1 Å². The van der Waals surface area contributed by atoms with Crippen molar-refractivity contribution in [3.63, 3.8) is 0 Å². The van der Waals surface area contributed by atoms with Gasteiger partial charge in [0.25, 0.3) is 5.91 Å². The zero-order valence-electron chi connectivity index (χ0n) is 10.8. The molecule has 92 valence electrons. The Kier molecular flexibility index (Phi) is 3.48. The molecule has 3 nitrogen and oxygen atoms in total. The quantitative estimate of drug-likeness (QED) is 0.800. The summed E-state index contributed by atoms with van der Waals surface area (Å²) in [5.41, 5.74) is 3.22. The normalized spacial score (nSPS) is 20.4. The number of piperazine rings is 1. The van der Waals surface area contributed by atoms with Gasteiger partial charge in [-0.3, -0.25) is 4.79 Å². The van der Waals surface area contributed by atoms with Crippen LogP contribution in [0.1, 0.15) is 28.4 Å². The first-order valence-corrected chi connectivity index (χ1v) is 6.18. The van der Waals surface area contributed by atoms with Gasteiger partial charge in [0, 0.05) is 31.2 Å². The highest BCUT2D eigenvalue weighted by molar-refractivity contribution is 5.94. The lowest BCUT2D eigenvalue weighted by atomic mass is 10.0. The second-order valence-electron chi connectivity index (χ2n) is 4.85. The van der Waals surface area contributed by atoms with E-state index in [0.29, 0.717) is 0 Å². The molecule has 0 radical (unpaired) electrons. The minimum Gasteiger partial charge on any atom is -0.333 e. The summed E-state index contributed by atoms with van der Waals surface area (Å²) in [7, 11) is 0. The van der Waals surface area contributed by atoms with Crippen LogP contribution in [0.2, 0.25) is 0 Å². The summed E-state index contributed by atoms with van der Waals surface area (Å²) in [6.07, 6.45) is 0. The lowest BCUT2D eigenvalue weighted by Crippen LogP contribution is -2.52. The predicted octanol–water partition coefficient (Wildman–Crippen LogP) is 1.74. The van der Waals surface area contributed by atoms with Crippen LogP contribution in [-0.4, -0.2) is 36.5 Å². The maximum absolute atomic E-state index is 12.4. The summed E-state index contributed by atoms with van der Waals surface area (Å²) in [6, 6.07) is 6.22. The van der Waals surface area contributed by atoms with Crippen LogP contribution < -0.4 is 5.32 Å².